The number of aromatic nitrogens is 4. The zero-order chi connectivity index (χ0) is 20.2. The third kappa shape index (κ3) is 4.03. The number of nitrogens with zero attached hydrogens (tertiary/aromatic N) is 4. The van der Waals surface area contributed by atoms with E-state index in [1.54, 1.807) is 54.6 Å². The predicted octanol–water partition coefficient (Wildman–Crippen LogP) is 3.86. The van der Waals surface area contributed by atoms with Gasteiger partial charge in [0.2, 0.25) is 5.91 Å². The van der Waals surface area contributed by atoms with Gasteiger partial charge in [-0.15, -0.1) is 0 Å². The summed E-state index contributed by atoms with van der Waals surface area (Å²) in [5.74, 6) is 0.0307. The van der Waals surface area contributed by atoms with E-state index in [-0.39, 0.29) is 18.1 Å². The number of aryl methyl sites for hydroxylation is 1. The summed E-state index contributed by atoms with van der Waals surface area (Å²) in [6.07, 6.45) is 5.15. The second-order valence-electron chi connectivity index (χ2n) is 6.48. The lowest BCUT2D eigenvalue weighted by Crippen LogP contribution is -2.17. The van der Waals surface area contributed by atoms with Gasteiger partial charge in [-0.2, -0.15) is 5.10 Å². The highest BCUT2D eigenvalue weighted by molar-refractivity contribution is 5.98. The molecule has 1 amide bonds. The van der Waals surface area contributed by atoms with Gasteiger partial charge in [0.25, 0.3) is 0 Å². The molecule has 0 saturated heterocycles. The number of hydrogen-bond donors (Lipinski definition) is 1. The number of pyridine rings is 2. The summed E-state index contributed by atoms with van der Waals surface area (Å²) >= 11 is 0. The number of rotatable bonds is 5. The lowest BCUT2D eigenvalue weighted by Gasteiger charge is -2.09. The van der Waals surface area contributed by atoms with Gasteiger partial charge < -0.3 is 5.32 Å². The van der Waals surface area contributed by atoms with Gasteiger partial charge in [0, 0.05) is 36.9 Å². The standard InChI is InChI=1S/C22H18FN5O/c1-28-22(26-19(29)14-18-4-2-3-11-25-18)20(15-9-12-24-13-10-15)21(27-28)16-5-7-17(23)8-6-16/h2-13H,14H2,1H3,(H,26,29). The summed E-state index contributed by atoms with van der Waals surface area (Å²) in [7, 11) is 1.76. The summed E-state index contributed by atoms with van der Waals surface area (Å²) < 4.78 is 15.0. The van der Waals surface area contributed by atoms with Crippen molar-refractivity contribution in [2.75, 3.05) is 5.32 Å². The molecule has 29 heavy (non-hydrogen) atoms. The fourth-order valence-electron chi connectivity index (χ4n) is 3.11. The van der Waals surface area contributed by atoms with E-state index >= 15 is 0 Å². The van der Waals surface area contributed by atoms with Crippen molar-refractivity contribution in [3.8, 4) is 22.4 Å². The molecule has 144 valence electrons. The van der Waals surface area contributed by atoms with Crippen molar-refractivity contribution < 1.29 is 9.18 Å². The van der Waals surface area contributed by atoms with Crippen LogP contribution in [0.15, 0.2) is 73.2 Å². The van der Waals surface area contributed by atoms with Crippen LogP contribution in [-0.4, -0.2) is 25.7 Å². The highest BCUT2D eigenvalue weighted by Gasteiger charge is 2.21. The Kier molecular flexibility index (Phi) is 5.11. The maximum absolute atomic E-state index is 13.4. The molecule has 0 atom stereocenters. The number of amides is 1. The quantitative estimate of drug-likeness (QED) is 0.564. The molecule has 6 nitrogen and oxygen atoms in total. The van der Waals surface area contributed by atoms with Crippen LogP contribution in [0.4, 0.5) is 10.2 Å². The molecule has 0 spiro atoms. The molecule has 0 aliphatic carbocycles. The highest BCUT2D eigenvalue weighted by atomic mass is 19.1. The van der Waals surface area contributed by atoms with Gasteiger partial charge in [0.1, 0.15) is 17.3 Å². The molecule has 0 aliphatic heterocycles. The van der Waals surface area contributed by atoms with Gasteiger partial charge in [-0.3, -0.25) is 19.4 Å². The minimum atomic E-state index is -0.320. The molecule has 0 saturated carbocycles. The van der Waals surface area contributed by atoms with Gasteiger partial charge in [-0.25, -0.2) is 4.39 Å². The predicted molar refractivity (Wildman–Crippen MR) is 108 cm³/mol. The Morgan fingerprint density at radius 2 is 1.76 bits per heavy atom. The first-order valence-corrected chi connectivity index (χ1v) is 9.05. The first kappa shape index (κ1) is 18.5. The van der Waals surface area contributed by atoms with E-state index in [9.17, 15) is 9.18 Å². The third-order valence-corrected chi connectivity index (χ3v) is 4.46. The molecule has 0 radical (unpaired) electrons. The smallest absolute Gasteiger partial charge is 0.231 e. The van der Waals surface area contributed by atoms with Gasteiger partial charge >= 0.3 is 0 Å². The van der Waals surface area contributed by atoms with Crippen molar-refractivity contribution in [2.24, 2.45) is 7.05 Å². The summed E-state index contributed by atoms with van der Waals surface area (Å²) in [4.78, 5) is 20.9. The number of benzene rings is 1. The Hall–Kier alpha value is -3.87. The second kappa shape index (κ2) is 8.02. The molecule has 0 unspecified atom stereocenters. The number of anilines is 1. The second-order valence-corrected chi connectivity index (χ2v) is 6.48. The Labute approximate surface area is 167 Å². The number of halogens is 1. The average molecular weight is 387 g/mol. The van der Waals surface area contributed by atoms with Crippen molar-refractivity contribution in [1.82, 2.24) is 19.7 Å². The Balaban J connectivity index is 1.75. The number of hydrogen-bond acceptors (Lipinski definition) is 4. The van der Waals surface area contributed by atoms with Crippen LogP contribution in [0.1, 0.15) is 5.69 Å². The molecular weight excluding hydrogens is 369 g/mol. The largest absolute Gasteiger partial charge is 0.310 e. The van der Waals surface area contributed by atoms with E-state index in [0.717, 1.165) is 16.7 Å². The fraction of sp³-hybridized carbons (Fsp3) is 0.0909. The monoisotopic (exact) mass is 387 g/mol. The van der Waals surface area contributed by atoms with E-state index in [1.807, 2.05) is 18.2 Å². The van der Waals surface area contributed by atoms with Crippen molar-refractivity contribution in [1.29, 1.82) is 0 Å². The van der Waals surface area contributed by atoms with E-state index in [2.05, 4.69) is 20.4 Å². The summed E-state index contributed by atoms with van der Waals surface area (Å²) in [5.41, 5.74) is 3.67. The van der Waals surface area contributed by atoms with Crippen LogP contribution in [-0.2, 0) is 18.3 Å². The van der Waals surface area contributed by atoms with Crippen LogP contribution < -0.4 is 5.32 Å². The van der Waals surface area contributed by atoms with E-state index < -0.39 is 0 Å². The number of nitrogens with one attached hydrogen (secondary N) is 1. The van der Waals surface area contributed by atoms with E-state index in [0.29, 0.717) is 17.2 Å². The summed E-state index contributed by atoms with van der Waals surface area (Å²) in [6.45, 7) is 0. The van der Waals surface area contributed by atoms with Crippen LogP contribution in [0.2, 0.25) is 0 Å². The molecule has 4 aromatic rings. The van der Waals surface area contributed by atoms with Gasteiger partial charge in [0.05, 0.1) is 12.0 Å². The van der Waals surface area contributed by atoms with E-state index in [4.69, 9.17) is 0 Å². The van der Waals surface area contributed by atoms with Crippen LogP contribution in [0, 0.1) is 5.82 Å². The molecule has 3 heterocycles. The maximum atomic E-state index is 13.4. The van der Waals surface area contributed by atoms with Crippen molar-refractivity contribution in [2.45, 2.75) is 6.42 Å². The average Bonchev–Trinajstić information content (AvgIpc) is 3.06. The zero-order valence-electron chi connectivity index (χ0n) is 15.7. The minimum Gasteiger partial charge on any atom is -0.310 e. The third-order valence-electron chi connectivity index (χ3n) is 4.46. The zero-order valence-corrected chi connectivity index (χ0v) is 15.7. The normalized spacial score (nSPS) is 10.7. The Morgan fingerprint density at radius 3 is 2.45 bits per heavy atom. The molecule has 4 rings (SSSR count). The van der Waals surface area contributed by atoms with E-state index in [1.165, 1.54) is 12.1 Å². The van der Waals surface area contributed by atoms with Crippen LogP contribution in [0.3, 0.4) is 0 Å². The molecule has 7 heteroatoms. The van der Waals surface area contributed by atoms with Crippen LogP contribution in [0.25, 0.3) is 22.4 Å². The lowest BCUT2D eigenvalue weighted by molar-refractivity contribution is -0.115. The topological polar surface area (TPSA) is 72.7 Å². The molecule has 1 N–H and O–H groups in total. The first-order chi connectivity index (χ1) is 14.1. The van der Waals surface area contributed by atoms with Gasteiger partial charge in [-0.1, -0.05) is 6.07 Å². The molecular formula is C22H18FN5O. The molecule has 0 aliphatic rings. The number of carbonyl (C=O) groups excluding carboxylic acids is 1. The first-order valence-electron chi connectivity index (χ1n) is 9.05. The van der Waals surface area contributed by atoms with Crippen LogP contribution >= 0.6 is 0 Å². The summed E-state index contributed by atoms with van der Waals surface area (Å²) in [5, 5.41) is 7.54. The Morgan fingerprint density at radius 1 is 1.00 bits per heavy atom. The maximum Gasteiger partial charge on any atom is 0.231 e. The van der Waals surface area contributed by atoms with Crippen molar-refractivity contribution >= 4 is 11.7 Å². The minimum absolute atomic E-state index is 0.147. The number of carbonyl (C=O) groups is 1. The van der Waals surface area contributed by atoms with Crippen molar-refractivity contribution in [3.05, 3.63) is 84.7 Å². The van der Waals surface area contributed by atoms with Gasteiger partial charge in [0.15, 0.2) is 0 Å². The Bertz CT molecular complexity index is 1130. The molecule has 3 aromatic heterocycles. The van der Waals surface area contributed by atoms with Crippen LogP contribution in [0.5, 0.6) is 0 Å². The fourth-order valence-corrected chi connectivity index (χ4v) is 3.11. The molecule has 0 fully saturated rings. The van der Waals surface area contributed by atoms with Crippen molar-refractivity contribution in [3.63, 3.8) is 0 Å². The van der Waals surface area contributed by atoms with Gasteiger partial charge in [-0.05, 0) is 54.1 Å². The molecule has 0 bridgehead atoms. The lowest BCUT2D eigenvalue weighted by atomic mass is 10.0. The summed E-state index contributed by atoms with van der Waals surface area (Å²) in [6, 6.07) is 15.3. The highest BCUT2D eigenvalue weighted by Crippen LogP contribution is 2.37. The SMILES string of the molecule is Cn1nc(-c2ccc(F)cc2)c(-c2ccncc2)c1NC(=O)Cc1ccccn1. The molecule has 1 aromatic carbocycles.